The highest BCUT2D eigenvalue weighted by Gasteiger charge is 2.27. The molecule has 3 aromatic rings. The molecule has 0 bridgehead atoms. The molecule has 222 valence electrons. The van der Waals surface area contributed by atoms with Gasteiger partial charge in [-0.3, -0.25) is 9.59 Å². The molecule has 1 saturated heterocycles. The van der Waals surface area contributed by atoms with Crippen LogP contribution in [0.3, 0.4) is 0 Å². The maximum atomic E-state index is 15.1. The van der Waals surface area contributed by atoms with Crippen LogP contribution in [-0.2, 0) is 22.8 Å². The molecule has 2 amide bonds. The molecule has 5 rings (SSSR count). The van der Waals surface area contributed by atoms with Gasteiger partial charge in [0.25, 0.3) is 11.8 Å². The van der Waals surface area contributed by atoms with Crippen LogP contribution in [0.15, 0.2) is 59.5 Å². The first-order valence-corrected chi connectivity index (χ1v) is 16.2. The third-order valence-corrected chi connectivity index (χ3v) is 9.03. The molecule has 8 nitrogen and oxygen atoms in total. The molecule has 2 aliphatic rings. The summed E-state index contributed by atoms with van der Waals surface area (Å²) < 4.78 is 45.0. The first-order chi connectivity index (χ1) is 20.2. The summed E-state index contributed by atoms with van der Waals surface area (Å²) in [4.78, 5) is 27.4. The van der Waals surface area contributed by atoms with Gasteiger partial charge >= 0.3 is 0 Å². The van der Waals surface area contributed by atoms with E-state index in [2.05, 4.69) is 10.6 Å². The van der Waals surface area contributed by atoms with Gasteiger partial charge in [0.1, 0.15) is 23.1 Å². The van der Waals surface area contributed by atoms with E-state index >= 15 is 4.39 Å². The summed E-state index contributed by atoms with van der Waals surface area (Å²) in [5.74, 6) is -0.699. The number of carbonyl (C=O) groups is 2. The minimum absolute atomic E-state index is 0.0844. The molecule has 10 heteroatoms. The van der Waals surface area contributed by atoms with Gasteiger partial charge in [0.2, 0.25) is 0 Å². The van der Waals surface area contributed by atoms with Gasteiger partial charge < -0.3 is 20.3 Å². The number of nitrogens with zero attached hydrogens (tertiary/aromatic N) is 1. The first-order valence-electron chi connectivity index (χ1n) is 14.3. The van der Waals surface area contributed by atoms with Crippen molar-refractivity contribution in [1.82, 2.24) is 15.5 Å². The van der Waals surface area contributed by atoms with Crippen LogP contribution >= 0.6 is 0 Å². The molecule has 1 atom stereocenters. The molecule has 1 unspecified atom stereocenters. The molecule has 1 fully saturated rings. The molecule has 2 N–H and O–H groups in total. The smallest absolute Gasteiger partial charge is 0.254 e. The highest BCUT2D eigenvalue weighted by atomic mass is 32.2. The number of piperidine rings is 1. The lowest BCUT2D eigenvalue weighted by molar-refractivity contribution is 0.0731. The minimum Gasteiger partial charge on any atom is -0.491 e. The van der Waals surface area contributed by atoms with Crippen molar-refractivity contribution in [2.75, 3.05) is 32.5 Å². The predicted molar refractivity (Wildman–Crippen MR) is 159 cm³/mol. The van der Waals surface area contributed by atoms with Crippen molar-refractivity contribution in [2.45, 2.75) is 50.1 Å². The third-order valence-electron chi connectivity index (χ3n) is 7.92. The number of rotatable bonds is 7. The Morgan fingerprint density at radius 1 is 1.07 bits per heavy atom. The summed E-state index contributed by atoms with van der Waals surface area (Å²) in [7, 11) is -3.77. The van der Waals surface area contributed by atoms with Gasteiger partial charge in [-0.05, 0) is 73.3 Å². The second-order valence-corrected chi connectivity index (χ2v) is 12.8. The monoisotopic (exact) mass is 593 g/mol. The van der Waals surface area contributed by atoms with Crippen LogP contribution in [0, 0.1) is 5.82 Å². The highest BCUT2D eigenvalue weighted by molar-refractivity contribution is 7.90. The number of ether oxygens (including phenoxy) is 1. The fourth-order valence-corrected chi connectivity index (χ4v) is 6.34. The zero-order chi connectivity index (χ0) is 29.9. The standard InChI is InChI=1S/C32H36FN3O5S/c1-3-26-27(12-14-29(30(26)33)42(2,39)40)32(38)36-16-17-41-28-13-11-23(18-24(28)20-36)21-7-9-22(10-8-21)31(37)35-19-25-6-4-5-15-34-25/h7-14,18,25,34H,3-6,15-17,19-20H2,1-2H3,(H,35,37). The third kappa shape index (κ3) is 6.50. The Morgan fingerprint density at radius 2 is 1.83 bits per heavy atom. The van der Waals surface area contributed by atoms with E-state index in [1.54, 1.807) is 24.0 Å². The Hall–Kier alpha value is -3.76. The zero-order valence-corrected chi connectivity index (χ0v) is 24.7. The van der Waals surface area contributed by atoms with E-state index < -0.39 is 20.5 Å². The molecule has 0 aromatic heterocycles. The number of sulfone groups is 1. The number of amides is 2. The summed E-state index contributed by atoms with van der Waals surface area (Å²) in [5, 5.41) is 6.45. The molecule has 3 aromatic carbocycles. The van der Waals surface area contributed by atoms with Gasteiger partial charge in [0.05, 0.1) is 6.54 Å². The Balaban J connectivity index is 1.32. The van der Waals surface area contributed by atoms with Crippen molar-refractivity contribution in [3.05, 3.63) is 82.7 Å². The zero-order valence-electron chi connectivity index (χ0n) is 23.9. The quantitative estimate of drug-likeness (QED) is 0.422. The van der Waals surface area contributed by atoms with E-state index in [9.17, 15) is 18.0 Å². The highest BCUT2D eigenvalue weighted by Crippen LogP contribution is 2.31. The molecule has 42 heavy (non-hydrogen) atoms. The Labute approximate surface area is 246 Å². The maximum Gasteiger partial charge on any atom is 0.254 e. The van der Waals surface area contributed by atoms with Crippen LogP contribution in [0.4, 0.5) is 4.39 Å². The molecule has 0 saturated carbocycles. The summed E-state index contributed by atoms with van der Waals surface area (Å²) in [6.45, 7) is 4.09. The van der Waals surface area contributed by atoms with E-state index in [1.807, 2.05) is 30.3 Å². The largest absolute Gasteiger partial charge is 0.491 e. The van der Waals surface area contributed by atoms with E-state index in [4.69, 9.17) is 4.74 Å². The summed E-state index contributed by atoms with van der Waals surface area (Å²) >= 11 is 0. The number of halogens is 1. The minimum atomic E-state index is -3.77. The number of hydrogen-bond donors (Lipinski definition) is 2. The lowest BCUT2D eigenvalue weighted by Gasteiger charge is -2.23. The summed E-state index contributed by atoms with van der Waals surface area (Å²) in [6, 6.07) is 16.0. The Morgan fingerprint density at radius 3 is 2.52 bits per heavy atom. The Kier molecular flexibility index (Phi) is 8.93. The summed E-state index contributed by atoms with van der Waals surface area (Å²) in [5.41, 5.74) is 3.44. The molecule has 2 aliphatic heterocycles. The second-order valence-electron chi connectivity index (χ2n) is 10.9. The van der Waals surface area contributed by atoms with Crippen LogP contribution in [0.25, 0.3) is 11.1 Å². The van der Waals surface area contributed by atoms with Crippen molar-refractivity contribution >= 4 is 21.7 Å². The van der Waals surface area contributed by atoms with Crippen LogP contribution < -0.4 is 15.4 Å². The van der Waals surface area contributed by atoms with E-state index in [0.717, 1.165) is 42.0 Å². The van der Waals surface area contributed by atoms with Crippen molar-refractivity contribution < 1.29 is 27.1 Å². The van der Waals surface area contributed by atoms with Gasteiger partial charge in [-0.15, -0.1) is 0 Å². The number of nitrogens with one attached hydrogen (secondary N) is 2. The lowest BCUT2D eigenvalue weighted by atomic mass is 10.00. The van der Waals surface area contributed by atoms with Crippen molar-refractivity contribution in [2.24, 2.45) is 0 Å². The van der Waals surface area contributed by atoms with Crippen molar-refractivity contribution in [3.8, 4) is 16.9 Å². The normalized spacial score (nSPS) is 17.1. The SMILES string of the molecule is CCc1c(C(=O)N2CCOc3ccc(-c4ccc(C(=O)NCC5CCCCN5)cc4)cc3C2)ccc(S(C)(=O)=O)c1F. The number of benzene rings is 3. The van der Waals surface area contributed by atoms with Crippen molar-refractivity contribution in [3.63, 3.8) is 0 Å². The molecular formula is C32H36FN3O5S. The van der Waals surface area contributed by atoms with E-state index in [-0.39, 0.29) is 42.5 Å². The average Bonchev–Trinajstić information content (AvgIpc) is 3.21. The molecular weight excluding hydrogens is 557 g/mol. The van der Waals surface area contributed by atoms with Gasteiger partial charge in [0.15, 0.2) is 9.84 Å². The van der Waals surface area contributed by atoms with Crippen LogP contribution in [0.5, 0.6) is 5.75 Å². The lowest BCUT2D eigenvalue weighted by Crippen LogP contribution is -2.43. The number of fused-ring (bicyclic) bond motifs is 1. The van der Waals surface area contributed by atoms with E-state index in [0.29, 0.717) is 30.4 Å². The molecule has 0 aliphatic carbocycles. The predicted octanol–water partition coefficient (Wildman–Crippen LogP) is 4.37. The fraction of sp³-hybridized carbons (Fsp3) is 0.375. The fourth-order valence-electron chi connectivity index (χ4n) is 5.58. The second kappa shape index (κ2) is 12.6. The van der Waals surface area contributed by atoms with Crippen molar-refractivity contribution in [1.29, 1.82) is 0 Å². The summed E-state index contributed by atoms with van der Waals surface area (Å²) in [6.07, 6.45) is 4.54. The first kappa shape index (κ1) is 29.7. The average molecular weight is 594 g/mol. The molecule has 0 spiro atoms. The van der Waals surface area contributed by atoms with Crippen LogP contribution in [-0.4, -0.2) is 63.7 Å². The molecule has 2 heterocycles. The van der Waals surface area contributed by atoms with Gasteiger partial charge in [0, 0.05) is 47.6 Å². The number of carbonyl (C=O) groups excluding carboxylic acids is 2. The maximum absolute atomic E-state index is 15.1. The van der Waals surface area contributed by atoms with Crippen LogP contribution in [0.1, 0.15) is 58.0 Å². The topological polar surface area (TPSA) is 105 Å². The number of hydrogen-bond acceptors (Lipinski definition) is 6. The van der Waals surface area contributed by atoms with Crippen LogP contribution in [0.2, 0.25) is 0 Å². The van der Waals surface area contributed by atoms with Gasteiger partial charge in [-0.2, -0.15) is 0 Å². The molecule has 0 radical (unpaired) electrons. The van der Waals surface area contributed by atoms with Gasteiger partial charge in [-0.1, -0.05) is 31.5 Å². The Bertz CT molecular complexity index is 1580. The van der Waals surface area contributed by atoms with Gasteiger partial charge in [-0.25, -0.2) is 12.8 Å². The van der Waals surface area contributed by atoms with E-state index in [1.165, 1.54) is 18.9 Å².